The van der Waals surface area contributed by atoms with Crippen LogP contribution in [-0.4, -0.2) is 36.4 Å². The van der Waals surface area contributed by atoms with Crippen LogP contribution in [-0.2, 0) is 4.79 Å². The normalized spacial score (nSPS) is 11.2. The number of aliphatic imine (C=N–C) groups is 1. The minimum atomic E-state index is 0.168. The molecule has 34 heavy (non-hydrogen) atoms. The van der Waals surface area contributed by atoms with Crippen LogP contribution in [0, 0.1) is 5.92 Å². The van der Waals surface area contributed by atoms with Gasteiger partial charge in [0.15, 0.2) is 5.96 Å². The van der Waals surface area contributed by atoms with Crippen molar-refractivity contribution in [1.82, 2.24) is 4.90 Å². The number of carbonyl (C=O) groups is 1. The van der Waals surface area contributed by atoms with Crippen LogP contribution in [0.1, 0.15) is 149 Å². The Hall–Kier alpha value is -1.26. The number of carbonyl (C=O) groups excluding carboxylic acids is 1. The average Bonchev–Trinajstić information content (AvgIpc) is 2.79. The molecule has 0 spiro atoms. The number of hydrogen-bond acceptors (Lipinski definition) is 2. The molecule has 0 bridgehead atoms. The van der Waals surface area contributed by atoms with E-state index < -0.39 is 0 Å². The topological polar surface area (TPSA) is 84.7 Å². The fraction of sp³-hybridized carbons (Fsp3) is 0.931. The smallest absolute Gasteiger partial charge is 0.222 e. The highest BCUT2D eigenvalue weighted by atomic mass is 16.2. The van der Waals surface area contributed by atoms with Gasteiger partial charge in [-0.15, -0.1) is 0 Å². The maximum Gasteiger partial charge on any atom is 0.222 e. The van der Waals surface area contributed by atoms with E-state index in [4.69, 9.17) is 11.5 Å². The molecule has 0 aromatic rings. The number of nitrogens with two attached hydrogens (primary N) is 2. The molecule has 202 valence electrons. The molecule has 0 saturated carbocycles. The Balaban J connectivity index is 4.05. The van der Waals surface area contributed by atoms with Crippen molar-refractivity contribution in [3.8, 4) is 0 Å². The highest BCUT2D eigenvalue weighted by Gasteiger charge is 2.12. The summed E-state index contributed by atoms with van der Waals surface area (Å²) in [5.41, 5.74) is 10.8. The van der Waals surface area contributed by atoms with E-state index in [0.29, 0.717) is 12.5 Å². The predicted molar refractivity (Wildman–Crippen MR) is 150 cm³/mol. The van der Waals surface area contributed by atoms with E-state index in [1.807, 2.05) is 0 Å². The molecular formula is C29H60N4O. The van der Waals surface area contributed by atoms with Gasteiger partial charge >= 0.3 is 0 Å². The van der Waals surface area contributed by atoms with Crippen molar-refractivity contribution in [3.63, 3.8) is 0 Å². The first-order valence-electron chi connectivity index (χ1n) is 14.8. The number of amides is 1. The highest BCUT2D eigenvalue weighted by Crippen LogP contribution is 2.14. The number of hydrogen-bond donors (Lipinski definition) is 2. The molecule has 0 heterocycles. The van der Waals surface area contributed by atoms with Crippen LogP contribution >= 0.6 is 0 Å². The molecular weight excluding hydrogens is 420 g/mol. The van der Waals surface area contributed by atoms with Crippen LogP contribution in [0.4, 0.5) is 0 Å². The maximum atomic E-state index is 12.9. The van der Waals surface area contributed by atoms with Crippen molar-refractivity contribution in [2.45, 2.75) is 149 Å². The lowest BCUT2D eigenvalue weighted by Gasteiger charge is -2.23. The summed E-state index contributed by atoms with van der Waals surface area (Å²) in [6.07, 6.45) is 24.6. The van der Waals surface area contributed by atoms with E-state index in [1.54, 1.807) is 0 Å². The maximum absolute atomic E-state index is 12.9. The van der Waals surface area contributed by atoms with Gasteiger partial charge in [-0.1, -0.05) is 111 Å². The molecule has 1 amide bonds. The van der Waals surface area contributed by atoms with Gasteiger partial charge in [0.2, 0.25) is 5.91 Å². The van der Waals surface area contributed by atoms with E-state index in [2.05, 4.69) is 30.7 Å². The Morgan fingerprint density at radius 2 is 1.15 bits per heavy atom. The molecule has 5 heteroatoms. The molecule has 0 atom stereocenters. The molecule has 4 N–H and O–H groups in total. The predicted octanol–water partition coefficient (Wildman–Crippen LogP) is 7.57. The third kappa shape index (κ3) is 23.9. The lowest BCUT2D eigenvalue weighted by Crippen LogP contribution is -2.32. The van der Waals surface area contributed by atoms with Gasteiger partial charge in [-0.3, -0.25) is 9.79 Å². The summed E-state index contributed by atoms with van der Waals surface area (Å²) >= 11 is 0. The van der Waals surface area contributed by atoms with E-state index in [-0.39, 0.29) is 5.96 Å². The third-order valence-electron chi connectivity index (χ3n) is 6.69. The summed E-state index contributed by atoms with van der Waals surface area (Å²) in [5, 5.41) is 0. The van der Waals surface area contributed by atoms with E-state index in [1.165, 1.54) is 89.9 Å². The van der Waals surface area contributed by atoms with Crippen molar-refractivity contribution in [2.75, 3.05) is 19.6 Å². The van der Waals surface area contributed by atoms with Crippen LogP contribution in [0.25, 0.3) is 0 Å². The monoisotopic (exact) mass is 480 g/mol. The van der Waals surface area contributed by atoms with Gasteiger partial charge in [0.1, 0.15) is 0 Å². The molecule has 0 saturated heterocycles. The molecule has 0 radical (unpaired) electrons. The Labute approximate surface area is 212 Å². The van der Waals surface area contributed by atoms with Crippen molar-refractivity contribution >= 4 is 11.9 Å². The van der Waals surface area contributed by atoms with Crippen LogP contribution in [0.2, 0.25) is 0 Å². The lowest BCUT2D eigenvalue weighted by molar-refractivity contribution is -0.131. The van der Waals surface area contributed by atoms with Gasteiger partial charge in [-0.2, -0.15) is 0 Å². The summed E-state index contributed by atoms with van der Waals surface area (Å²) < 4.78 is 0. The van der Waals surface area contributed by atoms with Crippen LogP contribution in [0.3, 0.4) is 0 Å². The zero-order chi connectivity index (χ0) is 25.3. The van der Waals surface area contributed by atoms with Crippen molar-refractivity contribution in [1.29, 1.82) is 0 Å². The lowest BCUT2D eigenvalue weighted by atomic mass is 10.0. The van der Waals surface area contributed by atoms with Crippen LogP contribution < -0.4 is 11.5 Å². The Morgan fingerprint density at radius 1 is 0.676 bits per heavy atom. The second-order valence-corrected chi connectivity index (χ2v) is 10.6. The second-order valence-electron chi connectivity index (χ2n) is 10.6. The Bertz CT molecular complexity index is 475. The van der Waals surface area contributed by atoms with E-state index in [0.717, 1.165) is 57.5 Å². The quantitative estimate of drug-likeness (QED) is 0.0802. The van der Waals surface area contributed by atoms with Crippen molar-refractivity contribution < 1.29 is 4.79 Å². The standard InChI is InChI=1S/C29H60N4O/c1-4-5-6-7-8-9-10-11-12-13-18-23-28(34)33(25-20-15-14-17-22-27(2)3)26-21-16-19-24-32-29(30)31/h27H,4-26H2,1-3H3,(H4,30,31,32). The molecule has 0 aliphatic carbocycles. The SMILES string of the molecule is CCCCCCCCCCCCCC(=O)N(CCCCCCC(C)C)CCCCCN=C(N)N. The molecule has 0 aliphatic rings. The van der Waals surface area contributed by atoms with Gasteiger partial charge in [0.25, 0.3) is 0 Å². The van der Waals surface area contributed by atoms with E-state index >= 15 is 0 Å². The highest BCUT2D eigenvalue weighted by molar-refractivity contribution is 5.76. The molecule has 0 aromatic carbocycles. The Morgan fingerprint density at radius 3 is 1.68 bits per heavy atom. The molecule has 0 rings (SSSR count). The minimum absolute atomic E-state index is 0.168. The molecule has 0 aliphatic heterocycles. The molecule has 0 aromatic heterocycles. The Kier molecular flexibility index (Phi) is 23.9. The number of unbranched alkanes of at least 4 members (excludes halogenated alkanes) is 15. The number of rotatable bonds is 25. The van der Waals surface area contributed by atoms with Gasteiger partial charge in [-0.25, -0.2) is 0 Å². The van der Waals surface area contributed by atoms with Gasteiger partial charge in [0.05, 0.1) is 0 Å². The minimum Gasteiger partial charge on any atom is -0.370 e. The van der Waals surface area contributed by atoms with Crippen LogP contribution in [0.15, 0.2) is 4.99 Å². The third-order valence-corrected chi connectivity index (χ3v) is 6.69. The van der Waals surface area contributed by atoms with Gasteiger partial charge in [-0.05, 0) is 38.0 Å². The van der Waals surface area contributed by atoms with Gasteiger partial charge < -0.3 is 16.4 Å². The first-order valence-corrected chi connectivity index (χ1v) is 14.8. The molecule has 0 unspecified atom stereocenters. The first-order chi connectivity index (χ1) is 16.5. The molecule has 5 nitrogen and oxygen atoms in total. The van der Waals surface area contributed by atoms with Crippen LogP contribution in [0.5, 0.6) is 0 Å². The van der Waals surface area contributed by atoms with Gasteiger partial charge in [0, 0.05) is 26.1 Å². The summed E-state index contributed by atoms with van der Waals surface area (Å²) in [6, 6.07) is 0. The van der Waals surface area contributed by atoms with E-state index in [9.17, 15) is 4.79 Å². The fourth-order valence-electron chi connectivity index (χ4n) is 4.47. The number of nitrogens with zero attached hydrogens (tertiary/aromatic N) is 2. The zero-order valence-electron chi connectivity index (χ0n) is 23.3. The molecule has 0 fully saturated rings. The zero-order valence-corrected chi connectivity index (χ0v) is 23.3. The summed E-state index contributed by atoms with van der Waals surface area (Å²) in [4.78, 5) is 19.1. The first kappa shape index (κ1) is 32.7. The van der Waals surface area contributed by atoms with Crippen molar-refractivity contribution in [3.05, 3.63) is 0 Å². The summed E-state index contributed by atoms with van der Waals surface area (Å²) in [6.45, 7) is 9.35. The second kappa shape index (κ2) is 24.9. The largest absolute Gasteiger partial charge is 0.370 e. The summed E-state index contributed by atoms with van der Waals surface area (Å²) in [5.74, 6) is 1.33. The fourth-order valence-corrected chi connectivity index (χ4v) is 4.47. The average molecular weight is 481 g/mol. The van der Waals surface area contributed by atoms with Crippen molar-refractivity contribution in [2.24, 2.45) is 22.4 Å². The number of guanidine groups is 1. The summed E-state index contributed by atoms with van der Waals surface area (Å²) in [7, 11) is 0.